The molecule has 38 heavy (non-hydrogen) atoms. The minimum atomic E-state index is -3.77. The molecule has 2 heterocycles. The molecule has 0 radical (unpaired) electrons. The van der Waals surface area contributed by atoms with E-state index in [4.69, 9.17) is 11.6 Å². The van der Waals surface area contributed by atoms with E-state index >= 15 is 0 Å². The highest BCUT2D eigenvalue weighted by Crippen LogP contribution is 2.36. The maximum absolute atomic E-state index is 13.2. The second-order valence-electron chi connectivity index (χ2n) is 10.8. The van der Waals surface area contributed by atoms with Crippen molar-refractivity contribution in [3.63, 3.8) is 0 Å². The number of hydrogen-bond donors (Lipinski definition) is 2. The van der Waals surface area contributed by atoms with E-state index in [-0.39, 0.29) is 22.6 Å². The average Bonchev–Trinajstić information content (AvgIpc) is 3.21. The molecule has 0 saturated carbocycles. The van der Waals surface area contributed by atoms with Crippen LogP contribution in [-0.4, -0.2) is 38.4 Å². The predicted molar refractivity (Wildman–Crippen MR) is 155 cm³/mol. The zero-order valence-electron chi connectivity index (χ0n) is 22.1. The number of nitrogens with zero attached hydrogens (tertiary/aromatic N) is 1. The summed E-state index contributed by atoms with van der Waals surface area (Å²) >= 11 is 7.33. The fourth-order valence-corrected chi connectivity index (χ4v) is 8.99. The topological polar surface area (TPSA) is 78.5 Å². The molecule has 2 atom stereocenters. The first-order chi connectivity index (χ1) is 18.2. The Hall–Kier alpha value is -1.97. The Bertz CT molecular complexity index is 1430. The van der Waals surface area contributed by atoms with Crippen LogP contribution in [0.4, 0.5) is 0 Å². The van der Waals surface area contributed by atoms with Crippen LogP contribution in [-0.2, 0) is 27.8 Å². The number of thiophene rings is 1. The molecule has 9 heteroatoms. The molecule has 3 aromatic rings. The van der Waals surface area contributed by atoms with Gasteiger partial charge in [-0.05, 0) is 105 Å². The third-order valence-electron chi connectivity index (χ3n) is 7.66. The van der Waals surface area contributed by atoms with Gasteiger partial charge in [-0.2, -0.15) is 0 Å². The number of halogens is 1. The van der Waals surface area contributed by atoms with E-state index in [1.807, 2.05) is 6.07 Å². The van der Waals surface area contributed by atoms with E-state index in [0.717, 1.165) is 35.9 Å². The lowest BCUT2D eigenvalue weighted by atomic mass is 9.86. The van der Waals surface area contributed by atoms with Gasteiger partial charge < -0.3 is 5.32 Å². The molecule has 1 fully saturated rings. The summed E-state index contributed by atoms with van der Waals surface area (Å²) in [6.45, 7) is 6.87. The number of carbonyl (C=O) groups excluding carboxylic acids is 1. The number of rotatable bonds is 8. The Morgan fingerprint density at radius 1 is 1.13 bits per heavy atom. The van der Waals surface area contributed by atoms with E-state index in [1.54, 1.807) is 26.0 Å². The number of benzene rings is 2. The molecular formula is C29H36ClN3O3S2. The Morgan fingerprint density at radius 2 is 1.92 bits per heavy atom. The van der Waals surface area contributed by atoms with Crippen molar-refractivity contribution in [2.24, 2.45) is 0 Å². The molecule has 2 aromatic carbocycles. The van der Waals surface area contributed by atoms with Crippen LogP contribution in [0.3, 0.4) is 0 Å². The third kappa shape index (κ3) is 6.26. The first-order valence-corrected chi connectivity index (χ1v) is 16.2. The maximum Gasteiger partial charge on any atom is 0.250 e. The van der Waals surface area contributed by atoms with Gasteiger partial charge in [0, 0.05) is 28.7 Å². The molecule has 2 N–H and O–H groups in total. The second kappa shape index (κ2) is 11.6. The van der Waals surface area contributed by atoms with Crippen molar-refractivity contribution in [3.8, 4) is 0 Å². The van der Waals surface area contributed by atoms with E-state index < -0.39 is 16.1 Å². The summed E-state index contributed by atoms with van der Waals surface area (Å²) in [5, 5.41) is 4.58. The standard InChI is InChI=1S/C29H36ClN3O3S2/c1-19(32-38(35,36)29-20(2)25-17-23(30)10-12-27(25)37-29)15-28(34)31-26-8-6-7-22-16-21(9-11-24(22)26)18-33-13-4-3-5-14-33/h9-12,16-17,19,26,32H,3-8,13-15,18H2,1-2H3,(H,31,34)/t19-,26?/m0/s1. The van der Waals surface area contributed by atoms with Crippen molar-refractivity contribution in [2.45, 2.75) is 81.6 Å². The number of piperidine rings is 1. The van der Waals surface area contributed by atoms with E-state index in [1.165, 1.54) is 60.4 Å². The number of aryl methyl sites for hydroxylation is 2. The zero-order chi connectivity index (χ0) is 26.9. The molecule has 1 aliphatic heterocycles. The van der Waals surface area contributed by atoms with Crippen LogP contribution >= 0.6 is 22.9 Å². The highest BCUT2D eigenvalue weighted by Gasteiger charge is 2.27. The van der Waals surface area contributed by atoms with Gasteiger partial charge in [-0.1, -0.05) is 36.2 Å². The summed E-state index contributed by atoms with van der Waals surface area (Å²) in [6, 6.07) is 11.5. The van der Waals surface area contributed by atoms with Crippen molar-refractivity contribution in [1.29, 1.82) is 0 Å². The SMILES string of the molecule is Cc1c(S(=O)(=O)N[C@@H](C)CC(=O)NC2CCCc3cc(CN4CCCCC4)ccc32)sc2ccc(Cl)cc12. The van der Waals surface area contributed by atoms with Crippen LogP contribution in [0.15, 0.2) is 40.6 Å². The molecular weight excluding hydrogens is 538 g/mol. The van der Waals surface area contributed by atoms with E-state index in [2.05, 4.69) is 33.1 Å². The van der Waals surface area contributed by atoms with Gasteiger partial charge in [-0.15, -0.1) is 11.3 Å². The van der Waals surface area contributed by atoms with Crippen molar-refractivity contribution in [2.75, 3.05) is 13.1 Å². The fourth-order valence-electron chi connectivity index (χ4n) is 5.81. The Kier molecular flexibility index (Phi) is 8.45. The smallest absolute Gasteiger partial charge is 0.250 e. The number of fused-ring (bicyclic) bond motifs is 2. The minimum Gasteiger partial charge on any atom is -0.349 e. The molecule has 0 spiro atoms. The summed E-state index contributed by atoms with van der Waals surface area (Å²) in [7, 11) is -3.77. The lowest BCUT2D eigenvalue weighted by Crippen LogP contribution is -2.38. The summed E-state index contributed by atoms with van der Waals surface area (Å²) in [5.74, 6) is -0.143. The largest absolute Gasteiger partial charge is 0.349 e. The molecule has 0 bridgehead atoms. The van der Waals surface area contributed by atoms with Crippen LogP contribution in [0, 0.1) is 6.92 Å². The summed E-state index contributed by atoms with van der Waals surface area (Å²) in [4.78, 5) is 15.5. The normalized spacial score (nSPS) is 19.3. The molecule has 1 saturated heterocycles. The number of sulfonamides is 1. The van der Waals surface area contributed by atoms with E-state index in [9.17, 15) is 13.2 Å². The fraction of sp³-hybridized carbons (Fsp3) is 0.483. The predicted octanol–water partition coefficient (Wildman–Crippen LogP) is 6.10. The van der Waals surface area contributed by atoms with Gasteiger partial charge in [0.2, 0.25) is 5.91 Å². The average molecular weight is 574 g/mol. The summed E-state index contributed by atoms with van der Waals surface area (Å²) < 4.78 is 30.2. The highest BCUT2D eigenvalue weighted by molar-refractivity contribution is 7.91. The molecule has 6 nitrogen and oxygen atoms in total. The van der Waals surface area contributed by atoms with Crippen molar-refractivity contribution in [3.05, 3.63) is 63.7 Å². The number of hydrogen-bond acceptors (Lipinski definition) is 5. The van der Waals surface area contributed by atoms with Crippen LogP contribution in [0.25, 0.3) is 10.1 Å². The summed E-state index contributed by atoms with van der Waals surface area (Å²) in [6.07, 6.45) is 6.94. The molecule has 1 aliphatic carbocycles. The number of carbonyl (C=O) groups is 1. The minimum absolute atomic E-state index is 0.0336. The van der Waals surface area contributed by atoms with Crippen molar-refractivity contribution < 1.29 is 13.2 Å². The lowest BCUT2D eigenvalue weighted by Gasteiger charge is -2.29. The van der Waals surface area contributed by atoms with Crippen LogP contribution < -0.4 is 10.0 Å². The van der Waals surface area contributed by atoms with Gasteiger partial charge in [0.15, 0.2) is 0 Å². The lowest BCUT2D eigenvalue weighted by molar-refractivity contribution is -0.122. The molecule has 1 amide bonds. The van der Waals surface area contributed by atoms with E-state index in [0.29, 0.717) is 10.6 Å². The van der Waals surface area contributed by atoms with Gasteiger partial charge in [-0.25, -0.2) is 13.1 Å². The van der Waals surface area contributed by atoms with Gasteiger partial charge in [0.05, 0.1) is 6.04 Å². The highest BCUT2D eigenvalue weighted by atomic mass is 35.5. The maximum atomic E-state index is 13.2. The quantitative estimate of drug-likeness (QED) is 0.341. The zero-order valence-corrected chi connectivity index (χ0v) is 24.4. The van der Waals surface area contributed by atoms with Crippen molar-refractivity contribution >= 4 is 49.0 Å². The Labute approximate surface area is 234 Å². The molecule has 1 aromatic heterocycles. The van der Waals surface area contributed by atoms with Crippen LogP contribution in [0.2, 0.25) is 5.02 Å². The first kappa shape index (κ1) is 27.6. The molecule has 2 aliphatic rings. The molecule has 204 valence electrons. The van der Waals surface area contributed by atoms with Gasteiger partial charge in [0.25, 0.3) is 10.0 Å². The van der Waals surface area contributed by atoms with Gasteiger partial charge >= 0.3 is 0 Å². The Morgan fingerprint density at radius 3 is 2.71 bits per heavy atom. The number of likely N-dealkylation sites (tertiary alicyclic amines) is 1. The first-order valence-electron chi connectivity index (χ1n) is 13.5. The third-order valence-corrected chi connectivity index (χ3v) is 11.4. The number of nitrogens with one attached hydrogen (secondary N) is 2. The van der Waals surface area contributed by atoms with Crippen molar-refractivity contribution in [1.82, 2.24) is 14.9 Å². The van der Waals surface area contributed by atoms with Gasteiger partial charge in [-0.3, -0.25) is 9.69 Å². The monoisotopic (exact) mass is 573 g/mol. The second-order valence-corrected chi connectivity index (χ2v) is 14.2. The summed E-state index contributed by atoms with van der Waals surface area (Å²) in [5.41, 5.74) is 4.54. The van der Waals surface area contributed by atoms with Crippen LogP contribution in [0.1, 0.15) is 73.7 Å². The molecule has 5 rings (SSSR count). The Balaban J connectivity index is 1.20. The van der Waals surface area contributed by atoms with Gasteiger partial charge in [0.1, 0.15) is 4.21 Å². The van der Waals surface area contributed by atoms with Crippen LogP contribution in [0.5, 0.6) is 0 Å². The molecule has 1 unspecified atom stereocenters. The number of amides is 1.